The molecule has 5 nitrogen and oxygen atoms in total. The zero-order valence-corrected chi connectivity index (χ0v) is 15.2. The van der Waals surface area contributed by atoms with E-state index in [9.17, 15) is 14.4 Å². The zero-order chi connectivity index (χ0) is 18.3. The Kier molecular flexibility index (Phi) is 4.33. The lowest BCUT2D eigenvalue weighted by atomic mass is 9.72. The van der Waals surface area contributed by atoms with Crippen molar-refractivity contribution in [2.75, 3.05) is 5.32 Å². The van der Waals surface area contributed by atoms with E-state index in [0.717, 1.165) is 23.6 Å². The van der Waals surface area contributed by atoms with Gasteiger partial charge in [-0.2, -0.15) is 0 Å². The summed E-state index contributed by atoms with van der Waals surface area (Å²) in [7, 11) is 0. The van der Waals surface area contributed by atoms with Gasteiger partial charge in [0.25, 0.3) is 0 Å². The highest BCUT2D eigenvalue weighted by atomic mass is 16.2. The molecule has 3 aliphatic rings. The number of nitrogens with one attached hydrogen (secondary N) is 2. The van der Waals surface area contributed by atoms with Gasteiger partial charge in [-0.1, -0.05) is 25.5 Å². The van der Waals surface area contributed by atoms with Crippen LogP contribution in [0.15, 0.2) is 24.3 Å². The van der Waals surface area contributed by atoms with Crippen LogP contribution in [-0.2, 0) is 19.8 Å². The Morgan fingerprint density at radius 3 is 2.54 bits per heavy atom. The van der Waals surface area contributed by atoms with E-state index in [4.69, 9.17) is 0 Å². The van der Waals surface area contributed by atoms with Gasteiger partial charge in [-0.05, 0) is 61.6 Å². The molecule has 1 aliphatic heterocycles. The van der Waals surface area contributed by atoms with Gasteiger partial charge in [0.1, 0.15) is 0 Å². The van der Waals surface area contributed by atoms with Crippen LogP contribution in [0.2, 0.25) is 0 Å². The molecule has 0 radical (unpaired) electrons. The summed E-state index contributed by atoms with van der Waals surface area (Å²) in [4.78, 5) is 36.5. The maximum atomic E-state index is 12.6. The molecule has 3 amide bonds. The second-order valence-corrected chi connectivity index (χ2v) is 8.16. The molecule has 1 aromatic carbocycles. The molecular formula is C21H26N2O3. The molecule has 4 unspecified atom stereocenters. The van der Waals surface area contributed by atoms with Crippen LogP contribution in [0.4, 0.5) is 5.69 Å². The fourth-order valence-electron chi connectivity index (χ4n) is 5.24. The molecular weight excluding hydrogens is 328 g/mol. The van der Waals surface area contributed by atoms with E-state index >= 15 is 0 Å². The van der Waals surface area contributed by atoms with Crippen molar-refractivity contribution in [2.24, 2.45) is 17.8 Å². The van der Waals surface area contributed by atoms with Gasteiger partial charge in [0.05, 0.1) is 5.41 Å². The van der Waals surface area contributed by atoms with E-state index in [0.29, 0.717) is 25.2 Å². The summed E-state index contributed by atoms with van der Waals surface area (Å²) in [6.45, 7) is 1.97. The van der Waals surface area contributed by atoms with Crippen LogP contribution in [0.25, 0.3) is 0 Å². The molecule has 4 rings (SSSR count). The van der Waals surface area contributed by atoms with Crippen molar-refractivity contribution in [3.05, 3.63) is 29.8 Å². The number of hydrogen-bond acceptors (Lipinski definition) is 3. The number of rotatable bonds is 4. The van der Waals surface area contributed by atoms with E-state index in [1.165, 1.54) is 19.3 Å². The maximum absolute atomic E-state index is 12.6. The molecule has 138 valence electrons. The van der Waals surface area contributed by atoms with Crippen LogP contribution >= 0.6 is 0 Å². The minimum Gasteiger partial charge on any atom is -0.326 e. The lowest BCUT2D eigenvalue weighted by Gasteiger charge is -2.35. The van der Waals surface area contributed by atoms with Crippen LogP contribution in [0.1, 0.15) is 57.4 Å². The molecule has 2 saturated carbocycles. The lowest BCUT2D eigenvalue weighted by Crippen LogP contribution is -2.51. The Balaban J connectivity index is 1.47. The SMILES string of the molecule is CCC1(c2ccc(NC(=O)C3CC4CCC3C4)cc2)CCC(=O)NC1=O. The van der Waals surface area contributed by atoms with Gasteiger partial charge in [0.2, 0.25) is 17.7 Å². The number of imide groups is 1. The van der Waals surface area contributed by atoms with Crippen LogP contribution in [0.5, 0.6) is 0 Å². The smallest absolute Gasteiger partial charge is 0.237 e. The number of benzene rings is 1. The molecule has 2 N–H and O–H groups in total. The molecule has 4 atom stereocenters. The van der Waals surface area contributed by atoms with Crippen LogP contribution in [0, 0.1) is 17.8 Å². The van der Waals surface area contributed by atoms with Crippen molar-refractivity contribution in [1.82, 2.24) is 5.32 Å². The Labute approximate surface area is 153 Å². The number of carbonyl (C=O) groups is 3. The van der Waals surface area contributed by atoms with Crippen molar-refractivity contribution in [3.8, 4) is 0 Å². The topological polar surface area (TPSA) is 75.3 Å². The highest BCUT2D eigenvalue weighted by molar-refractivity contribution is 6.03. The van der Waals surface area contributed by atoms with Crippen molar-refractivity contribution in [2.45, 2.75) is 57.3 Å². The first-order valence-corrected chi connectivity index (χ1v) is 9.77. The summed E-state index contributed by atoms with van der Waals surface area (Å²) in [6.07, 6.45) is 6.25. The number of fused-ring (bicyclic) bond motifs is 2. The Bertz CT molecular complexity index is 742. The Hall–Kier alpha value is -2.17. The maximum Gasteiger partial charge on any atom is 0.237 e. The highest BCUT2D eigenvalue weighted by Gasteiger charge is 2.44. The van der Waals surface area contributed by atoms with Crippen LogP contribution in [-0.4, -0.2) is 17.7 Å². The molecule has 1 aromatic rings. The first-order chi connectivity index (χ1) is 12.5. The standard InChI is InChI=1S/C21H26N2O3/c1-2-21(10-9-18(24)23-20(21)26)15-5-7-16(8-6-15)22-19(25)17-12-13-3-4-14(17)11-13/h5-8,13-14,17H,2-4,9-12H2,1H3,(H,22,25)(H,23,24,26). The van der Waals surface area contributed by atoms with Gasteiger partial charge >= 0.3 is 0 Å². The fraction of sp³-hybridized carbons (Fsp3) is 0.571. The first kappa shape index (κ1) is 17.3. The average molecular weight is 354 g/mol. The fourth-order valence-corrected chi connectivity index (χ4v) is 5.24. The van der Waals surface area contributed by atoms with Gasteiger partial charge in [-0.3, -0.25) is 19.7 Å². The van der Waals surface area contributed by atoms with Gasteiger partial charge in [0, 0.05) is 18.0 Å². The lowest BCUT2D eigenvalue weighted by molar-refractivity contribution is -0.138. The molecule has 5 heteroatoms. The van der Waals surface area contributed by atoms with Crippen LogP contribution < -0.4 is 10.6 Å². The Morgan fingerprint density at radius 2 is 1.96 bits per heavy atom. The molecule has 1 heterocycles. The Morgan fingerprint density at radius 1 is 1.19 bits per heavy atom. The number of piperidine rings is 1. The summed E-state index contributed by atoms with van der Waals surface area (Å²) >= 11 is 0. The van der Waals surface area contributed by atoms with E-state index in [2.05, 4.69) is 10.6 Å². The van der Waals surface area contributed by atoms with E-state index in [1.54, 1.807) is 0 Å². The van der Waals surface area contributed by atoms with Gasteiger partial charge < -0.3 is 5.32 Å². The summed E-state index contributed by atoms with van der Waals surface area (Å²) in [5.41, 5.74) is 1.03. The summed E-state index contributed by atoms with van der Waals surface area (Å²) < 4.78 is 0. The number of hydrogen-bond donors (Lipinski definition) is 2. The van der Waals surface area contributed by atoms with Crippen molar-refractivity contribution >= 4 is 23.4 Å². The molecule has 1 saturated heterocycles. The first-order valence-electron chi connectivity index (χ1n) is 9.77. The summed E-state index contributed by atoms with van der Waals surface area (Å²) in [6, 6.07) is 7.58. The summed E-state index contributed by atoms with van der Waals surface area (Å²) in [5, 5.41) is 5.53. The van der Waals surface area contributed by atoms with Gasteiger partial charge in [0.15, 0.2) is 0 Å². The zero-order valence-electron chi connectivity index (χ0n) is 15.2. The van der Waals surface area contributed by atoms with Crippen molar-refractivity contribution in [3.63, 3.8) is 0 Å². The average Bonchev–Trinajstić information content (AvgIpc) is 3.27. The third-order valence-corrected chi connectivity index (χ3v) is 6.85. The largest absolute Gasteiger partial charge is 0.326 e. The molecule has 26 heavy (non-hydrogen) atoms. The molecule has 2 bridgehead atoms. The number of carbonyl (C=O) groups excluding carboxylic acids is 3. The minimum atomic E-state index is -0.652. The van der Waals surface area contributed by atoms with E-state index in [1.807, 2.05) is 31.2 Å². The molecule has 3 fully saturated rings. The van der Waals surface area contributed by atoms with E-state index in [-0.39, 0.29) is 23.6 Å². The number of amides is 3. The summed E-state index contributed by atoms with van der Waals surface area (Å²) in [5.74, 6) is 1.19. The van der Waals surface area contributed by atoms with Crippen LogP contribution in [0.3, 0.4) is 0 Å². The molecule has 2 aliphatic carbocycles. The quantitative estimate of drug-likeness (QED) is 0.816. The second-order valence-electron chi connectivity index (χ2n) is 8.16. The normalized spacial score (nSPS) is 33.2. The van der Waals surface area contributed by atoms with Crippen molar-refractivity contribution in [1.29, 1.82) is 0 Å². The molecule has 0 spiro atoms. The van der Waals surface area contributed by atoms with Crippen molar-refractivity contribution < 1.29 is 14.4 Å². The predicted octanol–water partition coefficient (Wildman–Crippen LogP) is 3.15. The van der Waals surface area contributed by atoms with Gasteiger partial charge in [-0.15, -0.1) is 0 Å². The second kappa shape index (κ2) is 6.53. The predicted molar refractivity (Wildman–Crippen MR) is 98.4 cm³/mol. The third-order valence-electron chi connectivity index (χ3n) is 6.85. The van der Waals surface area contributed by atoms with Gasteiger partial charge in [-0.25, -0.2) is 0 Å². The monoisotopic (exact) mass is 354 g/mol. The minimum absolute atomic E-state index is 0.135. The third kappa shape index (κ3) is 2.83. The molecule has 0 aromatic heterocycles. The van der Waals surface area contributed by atoms with E-state index < -0.39 is 5.41 Å². The highest BCUT2D eigenvalue weighted by Crippen LogP contribution is 2.48. The number of anilines is 1.